The van der Waals surface area contributed by atoms with Gasteiger partial charge in [0.2, 0.25) is 0 Å². The summed E-state index contributed by atoms with van der Waals surface area (Å²) in [7, 11) is 0. The molecular formula is C16H16N2OS2. The number of carbonyl (C=O) groups is 1. The Morgan fingerprint density at radius 3 is 2.52 bits per heavy atom. The molecule has 3 nitrogen and oxygen atoms in total. The quantitative estimate of drug-likeness (QED) is 0.778. The summed E-state index contributed by atoms with van der Waals surface area (Å²) >= 11 is 3.12. The maximum absolute atomic E-state index is 12.5. The number of thiazole rings is 1. The summed E-state index contributed by atoms with van der Waals surface area (Å²) in [6.07, 6.45) is 4.70. The summed E-state index contributed by atoms with van der Waals surface area (Å²) in [6.45, 7) is 1.71. The lowest BCUT2D eigenvalue weighted by atomic mass is 10.0. The molecule has 1 aliphatic heterocycles. The Morgan fingerprint density at radius 2 is 1.86 bits per heavy atom. The molecule has 2 aliphatic rings. The number of hydrogen-bond donors (Lipinski definition) is 0. The maximum Gasteiger partial charge on any atom is 0.282 e. The van der Waals surface area contributed by atoms with Crippen LogP contribution >= 0.6 is 22.7 Å². The second kappa shape index (κ2) is 5.39. The summed E-state index contributed by atoms with van der Waals surface area (Å²) in [4.78, 5) is 20.1. The zero-order valence-electron chi connectivity index (χ0n) is 11.7. The average Bonchev–Trinajstić information content (AvgIpc) is 3.03. The van der Waals surface area contributed by atoms with Crippen LogP contribution in [0.3, 0.4) is 0 Å². The van der Waals surface area contributed by atoms with Crippen LogP contribution in [-0.4, -0.2) is 28.9 Å². The van der Waals surface area contributed by atoms with E-state index in [4.69, 9.17) is 0 Å². The summed E-state index contributed by atoms with van der Waals surface area (Å²) < 4.78 is 0. The van der Waals surface area contributed by atoms with E-state index in [1.165, 1.54) is 24.2 Å². The Labute approximate surface area is 131 Å². The molecule has 2 aromatic heterocycles. The van der Waals surface area contributed by atoms with Gasteiger partial charge >= 0.3 is 0 Å². The Bertz CT molecular complexity index is 684. The fourth-order valence-corrected chi connectivity index (χ4v) is 4.34. The van der Waals surface area contributed by atoms with Gasteiger partial charge in [0, 0.05) is 18.5 Å². The van der Waals surface area contributed by atoms with Gasteiger partial charge in [0.05, 0.1) is 10.6 Å². The molecule has 1 amide bonds. The fraction of sp³-hybridized carbons (Fsp3) is 0.375. The number of amides is 1. The van der Waals surface area contributed by atoms with Crippen molar-refractivity contribution in [1.29, 1.82) is 0 Å². The fourth-order valence-electron chi connectivity index (χ4n) is 2.79. The highest BCUT2D eigenvalue weighted by Gasteiger charge is 2.26. The number of rotatable bonds is 2. The molecule has 2 fully saturated rings. The highest BCUT2D eigenvalue weighted by atomic mass is 32.1. The molecule has 0 radical (unpaired) electrons. The minimum Gasteiger partial charge on any atom is -0.336 e. The Hall–Kier alpha value is -1.46. The largest absolute Gasteiger partial charge is 0.336 e. The van der Waals surface area contributed by atoms with Gasteiger partial charge in [-0.25, -0.2) is 4.98 Å². The first-order valence-electron chi connectivity index (χ1n) is 7.30. The zero-order chi connectivity index (χ0) is 14.2. The maximum atomic E-state index is 12.5. The van der Waals surface area contributed by atoms with Crippen molar-refractivity contribution in [1.82, 2.24) is 9.88 Å². The highest BCUT2D eigenvalue weighted by Crippen LogP contribution is 2.36. The summed E-state index contributed by atoms with van der Waals surface area (Å²) in [5.41, 5.74) is 4.19. The number of allylic oxidation sites excluding steroid dienone is 1. The van der Waals surface area contributed by atoms with Gasteiger partial charge in [-0.1, -0.05) is 17.2 Å². The normalized spacial score (nSPS) is 18.2. The third-order valence-corrected chi connectivity index (χ3v) is 5.84. The first-order valence-corrected chi connectivity index (χ1v) is 9.05. The average molecular weight is 316 g/mol. The molecule has 2 aromatic rings. The predicted octanol–water partition coefficient (Wildman–Crippen LogP) is 4.20. The van der Waals surface area contributed by atoms with Crippen LogP contribution in [-0.2, 0) is 0 Å². The summed E-state index contributed by atoms with van der Waals surface area (Å²) in [5.74, 6) is 0.0997. The lowest BCUT2D eigenvalue weighted by molar-refractivity contribution is 0.0743. The van der Waals surface area contributed by atoms with Crippen LogP contribution in [0.15, 0.2) is 34.0 Å². The van der Waals surface area contributed by atoms with E-state index in [0.29, 0.717) is 5.01 Å². The molecule has 0 aromatic carbocycles. The smallest absolute Gasteiger partial charge is 0.282 e. The molecule has 0 unspecified atom stereocenters. The van der Waals surface area contributed by atoms with Crippen molar-refractivity contribution in [2.45, 2.75) is 25.7 Å². The highest BCUT2D eigenvalue weighted by molar-refractivity contribution is 7.15. The van der Waals surface area contributed by atoms with Gasteiger partial charge in [-0.15, -0.1) is 22.7 Å². The second-order valence-corrected chi connectivity index (χ2v) is 7.32. The Morgan fingerprint density at radius 1 is 1.10 bits per heavy atom. The van der Waals surface area contributed by atoms with Crippen LogP contribution in [0.5, 0.6) is 0 Å². The van der Waals surface area contributed by atoms with Crippen LogP contribution in [0.2, 0.25) is 0 Å². The van der Waals surface area contributed by atoms with Crippen molar-refractivity contribution in [3.63, 3.8) is 0 Å². The van der Waals surface area contributed by atoms with E-state index in [0.717, 1.165) is 36.5 Å². The molecule has 1 saturated carbocycles. The van der Waals surface area contributed by atoms with Gasteiger partial charge in [-0.2, -0.15) is 0 Å². The summed E-state index contributed by atoms with van der Waals surface area (Å²) in [6, 6.07) is 4.06. The third-order valence-electron chi connectivity index (χ3n) is 4.11. The van der Waals surface area contributed by atoms with E-state index in [9.17, 15) is 4.79 Å². The molecule has 0 atom stereocenters. The zero-order valence-corrected chi connectivity index (χ0v) is 13.3. The van der Waals surface area contributed by atoms with Gasteiger partial charge in [-0.3, -0.25) is 4.79 Å². The van der Waals surface area contributed by atoms with Crippen molar-refractivity contribution in [2.75, 3.05) is 13.1 Å². The number of piperidine rings is 1. The number of thiophene rings is 1. The molecule has 0 bridgehead atoms. The van der Waals surface area contributed by atoms with Crippen LogP contribution in [0.4, 0.5) is 0 Å². The van der Waals surface area contributed by atoms with Crippen LogP contribution in [0, 0.1) is 0 Å². The predicted molar refractivity (Wildman–Crippen MR) is 86.8 cm³/mol. The van der Waals surface area contributed by atoms with Crippen molar-refractivity contribution < 1.29 is 4.79 Å². The van der Waals surface area contributed by atoms with Gasteiger partial charge < -0.3 is 4.90 Å². The lowest BCUT2D eigenvalue weighted by Crippen LogP contribution is -2.36. The van der Waals surface area contributed by atoms with Crippen LogP contribution < -0.4 is 0 Å². The SMILES string of the molecule is O=C(c1nc(-c2cccs2)cs1)N1CCC(=C2CC2)CC1. The monoisotopic (exact) mass is 316 g/mol. The van der Waals surface area contributed by atoms with Crippen LogP contribution in [0.1, 0.15) is 35.5 Å². The third kappa shape index (κ3) is 2.68. The van der Waals surface area contributed by atoms with E-state index >= 15 is 0 Å². The molecular weight excluding hydrogens is 300 g/mol. The molecule has 1 saturated heterocycles. The van der Waals surface area contributed by atoms with Gasteiger partial charge in [-0.05, 0) is 37.1 Å². The van der Waals surface area contributed by atoms with E-state index in [1.54, 1.807) is 22.5 Å². The van der Waals surface area contributed by atoms with E-state index < -0.39 is 0 Å². The minimum atomic E-state index is 0.0997. The molecule has 3 heterocycles. The number of nitrogens with zero attached hydrogens (tertiary/aromatic N) is 2. The summed E-state index contributed by atoms with van der Waals surface area (Å²) in [5, 5.41) is 4.65. The number of carbonyl (C=O) groups excluding carboxylic acids is 1. The van der Waals surface area contributed by atoms with Crippen molar-refractivity contribution in [3.8, 4) is 10.6 Å². The van der Waals surface area contributed by atoms with Gasteiger partial charge in [0.15, 0.2) is 5.01 Å². The molecule has 4 rings (SSSR count). The number of aromatic nitrogens is 1. The van der Waals surface area contributed by atoms with E-state index in [2.05, 4.69) is 4.98 Å². The van der Waals surface area contributed by atoms with Gasteiger partial charge in [0.25, 0.3) is 5.91 Å². The first-order chi connectivity index (χ1) is 10.3. The number of likely N-dealkylation sites (tertiary alicyclic amines) is 1. The lowest BCUT2D eigenvalue weighted by Gasteiger charge is -2.27. The van der Waals surface area contributed by atoms with E-state index in [-0.39, 0.29) is 5.91 Å². The Kier molecular flexibility index (Phi) is 3.39. The topological polar surface area (TPSA) is 33.2 Å². The van der Waals surface area contributed by atoms with Crippen molar-refractivity contribution in [3.05, 3.63) is 39.0 Å². The number of hydrogen-bond acceptors (Lipinski definition) is 4. The van der Waals surface area contributed by atoms with Gasteiger partial charge in [0.1, 0.15) is 0 Å². The van der Waals surface area contributed by atoms with Crippen molar-refractivity contribution in [2.24, 2.45) is 0 Å². The Balaban J connectivity index is 1.47. The van der Waals surface area contributed by atoms with Crippen molar-refractivity contribution >= 4 is 28.6 Å². The molecule has 0 spiro atoms. The van der Waals surface area contributed by atoms with E-state index in [1.807, 2.05) is 27.8 Å². The standard InChI is InChI=1S/C16H16N2OS2/c19-16(18-7-5-12(6-8-18)11-3-4-11)15-17-13(10-21-15)14-2-1-9-20-14/h1-2,9-10H,3-8H2. The minimum absolute atomic E-state index is 0.0997. The first kappa shape index (κ1) is 13.2. The molecule has 5 heteroatoms. The molecule has 0 N–H and O–H groups in total. The van der Waals surface area contributed by atoms with Crippen LogP contribution in [0.25, 0.3) is 10.6 Å². The molecule has 21 heavy (non-hydrogen) atoms. The molecule has 1 aliphatic carbocycles. The second-order valence-electron chi connectivity index (χ2n) is 5.51. The molecule has 108 valence electrons.